The van der Waals surface area contributed by atoms with Crippen molar-refractivity contribution in [2.24, 2.45) is 0 Å². The van der Waals surface area contributed by atoms with E-state index in [1.165, 1.54) is 0 Å². The zero-order chi connectivity index (χ0) is 15.1. The fraction of sp³-hybridized carbons (Fsp3) is 0.467. The molecule has 2 nitrogen and oxygen atoms in total. The Bertz CT molecular complexity index is 644. The van der Waals surface area contributed by atoms with E-state index in [1.807, 2.05) is 27.7 Å². The van der Waals surface area contributed by atoms with Gasteiger partial charge >= 0.3 is 0 Å². The number of halogens is 3. The predicted octanol–water partition coefficient (Wildman–Crippen LogP) is 4.92. The van der Waals surface area contributed by atoms with Crippen LogP contribution < -0.4 is 5.32 Å². The fourth-order valence-electron chi connectivity index (χ4n) is 2.14. The minimum Gasteiger partial charge on any atom is -0.456 e. The summed E-state index contributed by atoms with van der Waals surface area (Å²) in [5.74, 6) is -1.18. The molecule has 0 spiro atoms. The van der Waals surface area contributed by atoms with Gasteiger partial charge in [0.1, 0.15) is 5.76 Å². The van der Waals surface area contributed by atoms with Crippen molar-refractivity contribution in [3.8, 4) is 0 Å². The molecule has 1 aromatic heterocycles. The van der Waals surface area contributed by atoms with Crippen LogP contribution in [0.5, 0.6) is 0 Å². The normalized spacial score (nSPS) is 12.3. The molecule has 0 fully saturated rings. The number of hydrogen-bond acceptors (Lipinski definition) is 2. The van der Waals surface area contributed by atoms with Gasteiger partial charge in [0, 0.05) is 21.0 Å². The van der Waals surface area contributed by atoms with E-state index < -0.39 is 11.6 Å². The maximum Gasteiger partial charge on any atom is 0.201 e. The molecular weight excluding hydrogens is 328 g/mol. The van der Waals surface area contributed by atoms with E-state index >= 15 is 0 Å². The molecule has 0 unspecified atom stereocenters. The first-order valence-corrected chi connectivity index (χ1v) is 7.36. The van der Waals surface area contributed by atoms with Gasteiger partial charge < -0.3 is 9.73 Å². The lowest BCUT2D eigenvalue weighted by atomic mass is 10.1. The Kier molecular flexibility index (Phi) is 4.21. The third kappa shape index (κ3) is 2.88. The van der Waals surface area contributed by atoms with Crippen LogP contribution in [0.2, 0.25) is 0 Å². The number of benzene rings is 1. The molecule has 1 aromatic carbocycles. The van der Waals surface area contributed by atoms with E-state index in [2.05, 4.69) is 21.2 Å². The Labute approximate surface area is 125 Å². The van der Waals surface area contributed by atoms with E-state index in [0.29, 0.717) is 28.6 Å². The van der Waals surface area contributed by atoms with E-state index in [-0.39, 0.29) is 11.1 Å². The smallest absolute Gasteiger partial charge is 0.201 e. The average molecular weight is 346 g/mol. The van der Waals surface area contributed by atoms with Crippen molar-refractivity contribution in [3.05, 3.63) is 33.5 Å². The summed E-state index contributed by atoms with van der Waals surface area (Å²) >= 11 is 3.29. The standard InChI is InChI=1S/C15H18BrF2NO/c1-5-8-11(7-19-15(2,3)4)20-14-12(8)9(16)6-10(17)13(14)18/h6,19H,5,7H2,1-4H3. The average Bonchev–Trinajstić information content (AvgIpc) is 2.72. The van der Waals surface area contributed by atoms with Gasteiger partial charge in [0.15, 0.2) is 11.4 Å². The third-order valence-corrected chi connectivity index (χ3v) is 3.75. The van der Waals surface area contributed by atoms with E-state index in [9.17, 15) is 8.78 Å². The molecule has 0 saturated heterocycles. The van der Waals surface area contributed by atoms with Gasteiger partial charge in [0.25, 0.3) is 0 Å². The second kappa shape index (κ2) is 5.45. The molecule has 20 heavy (non-hydrogen) atoms. The van der Waals surface area contributed by atoms with Gasteiger partial charge in [-0.1, -0.05) is 6.92 Å². The van der Waals surface area contributed by atoms with Crippen molar-refractivity contribution in [2.75, 3.05) is 0 Å². The number of hydrogen-bond donors (Lipinski definition) is 1. The van der Waals surface area contributed by atoms with Gasteiger partial charge in [-0.05, 0) is 49.2 Å². The minimum atomic E-state index is -0.931. The number of nitrogens with one attached hydrogen (secondary N) is 1. The summed E-state index contributed by atoms with van der Waals surface area (Å²) in [6.45, 7) is 8.57. The molecule has 0 bridgehead atoms. The first-order valence-electron chi connectivity index (χ1n) is 6.57. The van der Waals surface area contributed by atoms with Crippen molar-refractivity contribution in [1.82, 2.24) is 5.32 Å². The largest absolute Gasteiger partial charge is 0.456 e. The van der Waals surface area contributed by atoms with Crippen LogP contribution in [0.1, 0.15) is 39.0 Å². The zero-order valence-corrected chi connectivity index (χ0v) is 13.6. The Morgan fingerprint density at radius 3 is 2.50 bits per heavy atom. The number of fused-ring (bicyclic) bond motifs is 1. The summed E-state index contributed by atoms with van der Waals surface area (Å²) in [4.78, 5) is 0. The number of furan rings is 1. The first kappa shape index (κ1) is 15.4. The molecule has 5 heteroatoms. The molecule has 1 N–H and O–H groups in total. The van der Waals surface area contributed by atoms with Gasteiger partial charge in [-0.2, -0.15) is 4.39 Å². The Balaban J connectivity index is 2.56. The summed E-state index contributed by atoms with van der Waals surface area (Å²) in [6, 6.07) is 1.15. The maximum atomic E-state index is 13.9. The Morgan fingerprint density at radius 1 is 1.30 bits per heavy atom. The van der Waals surface area contributed by atoms with Gasteiger partial charge in [0.2, 0.25) is 5.82 Å². The van der Waals surface area contributed by atoms with Crippen LogP contribution in [-0.4, -0.2) is 5.54 Å². The highest BCUT2D eigenvalue weighted by molar-refractivity contribution is 9.10. The van der Waals surface area contributed by atoms with E-state index in [4.69, 9.17) is 4.42 Å². The van der Waals surface area contributed by atoms with Crippen LogP contribution in [0, 0.1) is 11.6 Å². The SMILES string of the molecule is CCc1c(CNC(C)(C)C)oc2c(F)c(F)cc(Br)c12. The van der Waals surface area contributed by atoms with Gasteiger partial charge in [0.05, 0.1) is 6.54 Å². The molecule has 1 heterocycles. The zero-order valence-electron chi connectivity index (χ0n) is 12.0. The Hall–Kier alpha value is -0.940. The third-order valence-electron chi connectivity index (χ3n) is 3.12. The quantitative estimate of drug-likeness (QED) is 0.798. The van der Waals surface area contributed by atoms with Crippen LogP contribution in [0.25, 0.3) is 11.0 Å². The minimum absolute atomic E-state index is 0.0144. The van der Waals surface area contributed by atoms with Crippen molar-refractivity contribution in [2.45, 2.75) is 46.2 Å². The predicted molar refractivity (Wildman–Crippen MR) is 79.8 cm³/mol. The second-order valence-electron chi connectivity index (χ2n) is 5.82. The van der Waals surface area contributed by atoms with Crippen molar-refractivity contribution in [1.29, 1.82) is 0 Å². The molecule has 0 radical (unpaired) electrons. The second-order valence-corrected chi connectivity index (χ2v) is 6.67. The first-order chi connectivity index (χ1) is 9.24. The maximum absolute atomic E-state index is 13.9. The number of rotatable bonds is 3. The van der Waals surface area contributed by atoms with Gasteiger partial charge in [-0.25, -0.2) is 4.39 Å². The van der Waals surface area contributed by atoms with E-state index in [1.54, 1.807) is 0 Å². The Morgan fingerprint density at radius 2 is 1.95 bits per heavy atom. The molecule has 0 saturated carbocycles. The lowest BCUT2D eigenvalue weighted by molar-refractivity contribution is 0.389. The van der Waals surface area contributed by atoms with Crippen molar-refractivity contribution >= 4 is 26.9 Å². The molecule has 2 rings (SSSR count). The van der Waals surface area contributed by atoms with Crippen LogP contribution in [0.15, 0.2) is 15.0 Å². The van der Waals surface area contributed by atoms with Crippen molar-refractivity contribution in [3.63, 3.8) is 0 Å². The van der Waals surface area contributed by atoms with Crippen LogP contribution in [0.4, 0.5) is 8.78 Å². The lowest BCUT2D eigenvalue weighted by Crippen LogP contribution is -2.35. The fourth-order valence-corrected chi connectivity index (χ4v) is 2.76. The molecule has 0 amide bonds. The molecule has 2 aromatic rings. The van der Waals surface area contributed by atoms with Crippen LogP contribution in [0.3, 0.4) is 0 Å². The molecule has 0 aliphatic carbocycles. The highest BCUT2D eigenvalue weighted by Gasteiger charge is 2.22. The molecule has 0 atom stereocenters. The van der Waals surface area contributed by atoms with Gasteiger partial charge in [-0.3, -0.25) is 0 Å². The van der Waals surface area contributed by atoms with E-state index in [0.717, 1.165) is 11.6 Å². The van der Waals surface area contributed by atoms with Crippen molar-refractivity contribution < 1.29 is 13.2 Å². The number of aryl methyl sites for hydroxylation is 1. The molecule has 0 aliphatic rings. The summed E-state index contributed by atoms with van der Waals surface area (Å²) in [7, 11) is 0. The van der Waals surface area contributed by atoms with Gasteiger partial charge in [-0.15, -0.1) is 0 Å². The monoisotopic (exact) mass is 345 g/mol. The van der Waals surface area contributed by atoms with Crippen LogP contribution in [-0.2, 0) is 13.0 Å². The molecule has 110 valence electrons. The molecular formula is C15H18BrF2NO. The summed E-state index contributed by atoms with van der Waals surface area (Å²) in [5.41, 5.74) is 0.812. The highest BCUT2D eigenvalue weighted by atomic mass is 79.9. The lowest BCUT2D eigenvalue weighted by Gasteiger charge is -2.19. The topological polar surface area (TPSA) is 25.2 Å². The summed E-state index contributed by atoms with van der Waals surface area (Å²) < 4.78 is 33.4. The molecule has 0 aliphatic heterocycles. The highest BCUT2D eigenvalue weighted by Crippen LogP contribution is 2.35. The summed E-state index contributed by atoms with van der Waals surface area (Å²) in [5, 5.41) is 3.92. The van der Waals surface area contributed by atoms with Crippen LogP contribution >= 0.6 is 15.9 Å². The summed E-state index contributed by atoms with van der Waals surface area (Å²) in [6.07, 6.45) is 0.692.